The van der Waals surface area contributed by atoms with E-state index in [4.69, 9.17) is 10.1 Å². The first-order valence-corrected chi connectivity index (χ1v) is 11.4. The Kier molecular flexibility index (Phi) is 4.93. The van der Waals surface area contributed by atoms with Gasteiger partial charge in [0.2, 0.25) is 6.35 Å². The van der Waals surface area contributed by atoms with E-state index in [0.717, 1.165) is 60.3 Å². The summed E-state index contributed by atoms with van der Waals surface area (Å²) in [6.45, 7) is 6.16. The van der Waals surface area contributed by atoms with Crippen LogP contribution in [0.3, 0.4) is 0 Å². The van der Waals surface area contributed by atoms with Gasteiger partial charge in [-0.2, -0.15) is 4.36 Å². The van der Waals surface area contributed by atoms with Crippen molar-refractivity contribution in [1.82, 2.24) is 14.5 Å². The molecular formula is C19H28N6O2S. The summed E-state index contributed by atoms with van der Waals surface area (Å²) in [5.74, 6) is 0.411. The van der Waals surface area contributed by atoms with Crippen LogP contribution in [-0.4, -0.2) is 30.2 Å². The molecule has 0 amide bonds. The smallest absolute Gasteiger partial charge is 0.233 e. The molecule has 8 nitrogen and oxygen atoms in total. The lowest BCUT2D eigenvalue weighted by molar-refractivity contribution is 0.215. The van der Waals surface area contributed by atoms with Crippen molar-refractivity contribution in [3.8, 4) is 0 Å². The van der Waals surface area contributed by atoms with Gasteiger partial charge >= 0.3 is 0 Å². The van der Waals surface area contributed by atoms with Gasteiger partial charge < -0.3 is 15.0 Å². The number of hydrogen-bond acceptors (Lipinski definition) is 6. The molecule has 3 atom stereocenters. The summed E-state index contributed by atoms with van der Waals surface area (Å²) >= 11 is 0. The Morgan fingerprint density at radius 3 is 2.86 bits per heavy atom. The van der Waals surface area contributed by atoms with E-state index in [-0.39, 0.29) is 11.1 Å². The second-order valence-corrected chi connectivity index (χ2v) is 9.78. The summed E-state index contributed by atoms with van der Waals surface area (Å²) in [6.07, 6.45) is 6.72. The van der Waals surface area contributed by atoms with Crippen LogP contribution in [0.15, 0.2) is 21.9 Å². The molecule has 2 aromatic heterocycles. The van der Waals surface area contributed by atoms with Crippen LogP contribution in [0.2, 0.25) is 0 Å². The SMILES string of the molecule is CC1CCc2c1nc1c(c2NC(O)N=S(N)(=O)c2cn(C(C)C)cn2)CCC1. The molecule has 3 unspecified atom stereocenters. The fraction of sp³-hybridized carbons (Fsp3) is 0.579. The molecule has 2 aromatic rings. The van der Waals surface area contributed by atoms with Gasteiger partial charge in [-0.15, -0.1) is 0 Å². The van der Waals surface area contributed by atoms with Crippen LogP contribution >= 0.6 is 0 Å². The van der Waals surface area contributed by atoms with E-state index < -0.39 is 16.3 Å². The summed E-state index contributed by atoms with van der Waals surface area (Å²) in [7, 11) is -3.32. The van der Waals surface area contributed by atoms with Crippen molar-refractivity contribution >= 4 is 15.6 Å². The van der Waals surface area contributed by atoms with E-state index in [1.165, 1.54) is 0 Å². The van der Waals surface area contributed by atoms with Gasteiger partial charge in [0.05, 0.1) is 6.33 Å². The zero-order valence-electron chi connectivity index (χ0n) is 16.6. The number of fused-ring (bicyclic) bond motifs is 2. The number of nitrogens with one attached hydrogen (secondary N) is 1. The number of imidazole rings is 1. The first kappa shape index (κ1) is 19.4. The molecule has 2 aliphatic carbocycles. The Morgan fingerprint density at radius 1 is 1.36 bits per heavy atom. The van der Waals surface area contributed by atoms with E-state index in [0.29, 0.717) is 5.92 Å². The maximum Gasteiger partial charge on any atom is 0.233 e. The van der Waals surface area contributed by atoms with Gasteiger partial charge in [-0.25, -0.2) is 14.3 Å². The van der Waals surface area contributed by atoms with E-state index in [1.807, 2.05) is 13.8 Å². The molecule has 0 saturated heterocycles. The van der Waals surface area contributed by atoms with Crippen LogP contribution in [-0.2, 0) is 29.2 Å². The number of hydrogen-bond donors (Lipinski definition) is 3. The number of anilines is 1. The van der Waals surface area contributed by atoms with Gasteiger partial charge in [-0.1, -0.05) is 6.92 Å². The fourth-order valence-corrected chi connectivity index (χ4v) is 5.01. The highest BCUT2D eigenvalue weighted by molar-refractivity contribution is 7.91. The monoisotopic (exact) mass is 404 g/mol. The van der Waals surface area contributed by atoms with Gasteiger partial charge in [0, 0.05) is 29.3 Å². The van der Waals surface area contributed by atoms with Gasteiger partial charge in [0.15, 0.2) is 14.9 Å². The average molecular weight is 405 g/mol. The summed E-state index contributed by atoms with van der Waals surface area (Å²) < 4.78 is 18.6. The van der Waals surface area contributed by atoms with Crippen molar-refractivity contribution in [2.24, 2.45) is 9.50 Å². The van der Waals surface area contributed by atoms with Crippen LogP contribution in [0, 0.1) is 0 Å². The number of aromatic nitrogens is 3. The zero-order chi connectivity index (χ0) is 20.1. The molecule has 28 heavy (non-hydrogen) atoms. The van der Waals surface area contributed by atoms with Crippen LogP contribution in [0.5, 0.6) is 0 Å². The number of pyridine rings is 1. The minimum absolute atomic E-state index is 0.167. The normalized spacial score (nSPS) is 21.3. The topological polar surface area (TPSA) is 118 Å². The van der Waals surface area contributed by atoms with Crippen LogP contribution < -0.4 is 10.5 Å². The minimum Gasteiger partial charge on any atom is -0.355 e. The number of rotatable bonds is 5. The van der Waals surface area contributed by atoms with Gasteiger partial charge in [-0.3, -0.25) is 4.98 Å². The maximum atomic E-state index is 12.9. The zero-order valence-corrected chi connectivity index (χ0v) is 17.4. The lowest BCUT2D eigenvalue weighted by Gasteiger charge is -2.19. The Morgan fingerprint density at radius 2 is 2.14 bits per heavy atom. The third kappa shape index (κ3) is 3.42. The molecule has 9 heteroatoms. The summed E-state index contributed by atoms with van der Waals surface area (Å²) in [4.78, 5) is 8.99. The fourth-order valence-electron chi connectivity index (χ4n) is 4.09. The molecule has 0 aliphatic heterocycles. The number of nitrogens with zero attached hydrogens (tertiary/aromatic N) is 4. The van der Waals surface area contributed by atoms with Crippen molar-refractivity contribution in [3.05, 3.63) is 35.0 Å². The van der Waals surface area contributed by atoms with E-state index in [9.17, 15) is 9.32 Å². The summed E-state index contributed by atoms with van der Waals surface area (Å²) in [5, 5.41) is 19.7. The highest BCUT2D eigenvalue weighted by Gasteiger charge is 2.30. The molecule has 0 fully saturated rings. The third-order valence-electron chi connectivity index (χ3n) is 5.65. The number of aliphatic hydroxyl groups is 1. The molecular weight excluding hydrogens is 376 g/mol. The number of aryl methyl sites for hydroxylation is 1. The van der Waals surface area contributed by atoms with Crippen LogP contribution in [0.1, 0.15) is 68.1 Å². The molecule has 0 spiro atoms. The number of aliphatic hydroxyl groups excluding tert-OH is 1. The molecule has 152 valence electrons. The quantitative estimate of drug-likeness (QED) is 0.662. The summed E-state index contributed by atoms with van der Waals surface area (Å²) in [5.41, 5.74) is 5.41. The molecule has 0 radical (unpaired) electrons. The summed E-state index contributed by atoms with van der Waals surface area (Å²) in [6, 6.07) is 0.170. The van der Waals surface area contributed by atoms with Crippen LogP contribution in [0.4, 0.5) is 5.69 Å². The van der Waals surface area contributed by atoms with E-state index >= 15 is 0 Å². The Balaban J connectivity index is 1.65. The molecule has 0 aromatic carbocycles. The second-order valence-electron chi connectivity index (χ2n) is 8.01. The standard InChI is InChI=1S/C19H28N6O2S/c1-11(2)25-9-16(21-10-25)28(20,27)24-19(26)23-18-13-5-4-6-15(13)22-17-12(3)7-8-14(17)18/h9-12,19,26H,4-8H2,1-3H3,(H,22,23)(H2,20,24,27). The lowest BCUT2D eigenvalue weighted by atomic mass is 10.0. The Hall–Kier alpha value is -1.97. The first-order chi connectivity index (χ1) is 13.3. The molecule has 2 aliphatic rings. The largest absolute Gasteiger partial charge is 0.355 e. The Bertz CT molecular complexity index is 1020. The molecule has 2 heterocycles. The van der Waals surface area contributed by atoms with Crippen molar-refractivity contribution in [2.45, 2.75) is 76.2 Å². The third-order valence-corrected chi connectivity index (χ3v) is 6.98. The number of nitrogens with two attached hydrogens (primary N) is 1. The maximum absolute atomic E-state index is 12.9. The predicted octanol–water partition coefficient (Wildman–Crippen LogP) is 2.49. The highest BCUT2D eigenvalue weighted by Crippen LogP contribution is 2.41. The second kappa shape index (κ2) is 7.13. The minimum atomic E-state index is -3.32. The highest BCUT2D eigenvalue weighted by atomic mass is 32.2. The van der Waals surface area contributed by atoms with Crippen molar-refractivity contribution in [1.29, 1.82) is 0 Å². The first-order valence-electron chi connectivity index (χ1n) is 9.83. The van der Waals surface area contributed by atoms with Gasteiger partial charge in [0.25, 0.3) is 0 Å². The van der Waals surface area contributed by atoms with Gasteiger partial charge in [-0.05, 0) is 63.0 Å². The molecule has 4 N–H and O–H groups in total. The average Bonchev–Trinajstić information content (AvgIpc) is 3.34. The predicted molar refractivity (Wildman–Crippen MR) is 108 cm³/mol. The molecule has 0 bridgehead atoms. The van der Waals surface area contributed by atoms with E-state index in [2.05, 4.69) is 21.6 Å². The van der Waals surface area contributed by atoms with Crippen LogP contribution in [0.25, 0.3) is 0 Å². The van der Waals surface area contributed by atoms with Crippen molar-refractivity contribution in [3.63, 3.8) is 0 Å². The van der Waals surface area contributed by atoms with Crippen molar-refractivity contribution in [2.75, 3.05) is 5.32 Å². The van der Waals surface area contributed by atoms with Gasteiger partial charge in [0.1, 0.15) is 0 Å². The van der Waals surface area contributed by atoms with E-state index in [1.54, 1.807) is 17.1 Å². The Labute approximate surface area is 165 Å². The molecule has 0 saturated carbocycles. The van der Waals surface area contributed by atoms with Crippen molar-refractivity contribution < 1.29 is 9.32 Å². The molecule has 4 rings (SSSR count). The lowest BCUT2D eigenvalue weighted by Crippen LogP contribution is -2.24.